The van der Waals surface area contributed by atoms with Gasteiger partial charge < -0.3 is 20.5 Å². The molecule has 0 aliphatic carbocycles. The van der Waals surface area contributed by atoms with Gasteiger partial charge in [-0.05, 0) is 11.8 Å². The molecule has 6 heteroatoms. The van der Waals surface area contributed by atoms with Crippen molar-refractivity contribution in [1.82, 2.24) is 5.32 Å². The van der Waals surface area contributed by atoms with Crippen molar-refractivity contribution in [2.75, 3.05) is 13.7 Å². The standard InChI is InChI=1S/C14H28N2O4/c1-6-9(3)11(15)8-20-14(18)16-12(10(4)7-2)13(17)19-5/h9-12H,6-8,15H2,1-5H3,(H,16,18)/t9?,10-,11+,12-/m0/s1. The van der Waals surface area contributed by atoms with E-state index in [9.17, 15) is 9.59 Å². The second-order valence-corrected chi connectivity index (χ2v) is 5.18. The Bertz CT molecular complexity index is 310. The van der Waals surface area contributed by atoms with E-state index in [4.69, 9.17) is 10.5 Å². The summed E-state index contributed by atoms with van der Waals surface area (Å²) in [5.41, 5.74) is 5.88. The predicted molar refractivity (Wildman–Crippen MR) is 77.2 cm³/mol. The Balaban J connectivity index is 4.36. The summed E-state index contributed by atoms with van der Waals surface area (Å²) in [5, 5.41) is 2.54. The average molecular weight is 288 g/mol. The molecule has 0 bridgehead atoms. The van der Waals surface area contributed by atoms with Crippen LogP contribution in [0.25, 0.3) is 0 Å². The minimum Gasteiger partial charge on any atom is -0.467 e. The highest BCUT2D eigenvalue weighted by atomic mass is 16.6. The Morgan fingerprint density at radius 2 is 1.70 bits per heavy atom. The first-order valence-corrected chi connectivity index (χ1v) is 7.13. The van der Waals surface area contributed by atoms with Crippen molar-refractivity contribution in [3.8, 4) is 0 Å². The summed E-state index contributed by atoms with van der Waals surface area (Å²) in [6.45, 7) is 7.97. The molecule has 1 amide bonds. The molecule has 0 aromatic rings. The van der Waals surface area contributed by atoms with Gasteiger partial charge in [0.05, 0.1) is 7.11 Å². The number of hydrogen-bond donors (Lipinski definition) is 2. The minimum absolute atomic E-state index is 0.0294. The number of amides is 1. The first-order valence-electron chi connectivity index (χ1n) is 7.13. The molecule has 6 nitrogen and oxygen atoms in total. The summed E-state index contributed by atoms with van der Waals surface area (Å²) in [6.07, 6.45) is 1.02. The van der Waals surface area contributed by atoms with Crippen LogP contribution in [0.15, 0.2) is 0 Å². The van der Waals surface area contributed by atoms with Gasteiger partial charge in [0.2, 0.25) is 0 Å². The molecule has 0 aliphatic rings. The SMILES string of the molecule is CCC(C)[C@H](N)COC(=O)N[C@H](C(=O)OC)[C@@H](C)CC. The molecule has 118 valence electrons. The summed E-state index contributed by atoms with van der Waals surface area (Å²) in [6, 6.07) is -0.900. The van der Waals surface area contributed by atoms with Crippen LogP contribution >= 0.6 is 0 Å². The van der Waals surface area contributed by atoms with Gasteiger partial charge in [-0.2, -0.15) is 0 Å². The van der Waals surface area contributed by atoms with E-state index in [1.807, 2.05) is 27.7 Å². The zero-order chi connectivity index (χ0) is 15.7. The summed E-state index contributed by atoms with van der Waals surface area (Å²) >= 11 is 0. The number of alkyl carbamates (subject to hydrolysis) is 1. The largest absolute Gasteiger partial charge is 0.467 e. The quantitative estimate of drug-likeness (QED) is 0.663. The molecule has 0 aromatic heterocycles. The molecule has 4 atom stereocenters. The summed E-state index contributed by atoms with van der Waals surface area (Å²) in [4.78, 5) is 23.3. The zero-order valence-electron chi connectivity index (χ0n) is 13.1. The van der Waals surface area contributed by atoms with E-state index < -0.39 is 18.1 Å². The zero-order valence-corrected chi connectivity index (χ0v) is 13.1. The minimum atomic E-state index is -0.697. The molecule has 0 radical (unpaired) electrons. The summed E-state index contributed by atoms with van der Waals surface area (Å²) in [5.74, 6) is -0.227. The fourth-order valence-electron chi connectivity index (χ4n) is 1.60. The van der Waals surface area contributed by atoms with Crippen molar-refractivity contribution in [2.45, 2.75) is 52.6 Å². The van der Waals surface area contributed by atoms with Gasteiger partial charge in [-0.15, -0.1) is 0 Å². The van der Waals surface area contributed by atoms with Crippen molar-refractivity contribution >= 4 is 12.1 Å². The molecule has 0 heterocycles. The van der Waals surface area contributed by atoms with E-state index in [1.54, 1.807) is 0 Å². The molecular weight excluding hydrogens is 260 g/mol. The number of esters is 1. The molecule has 0 aromatic carbocycles. The van der Waals surface area contributed by atoms with Gasteiger partial charge in [-0.25, -0.2) is 9.59 Å². The lowest BCUT2D eigenvalue weighted by atomic mass is 9.99. The Morgan fingerprint density at radius 3 is 2.15 bits per heavy atom. The molecule has 0 saturated heterocycles. The lowest BCUT2D eigenvalue weighted by Crippen LogP contribution is -2.47. The predicted octanol–water partition coefficient (Wildman–Crippen LogP) is 1.67. The first kappa shape index (κ1) is 18.7. The van der Waals surface area contributed by atoms with Gasteiger partial charge in [0, 0.05) is 6.04 Å². The van der Waals surface area contributed by atoms with E-state index >= 15 is 0 Å². The highest BCUT2D eigenvalue weighted by molar-refractivity contribution is 5.81. The second kappa shape index (κ2) is 9.58. The van der Waals surface area contributed by atoms with Gasteiger partial charge in [0.15, 0.2) is 0 Å². The van der Waals surface area contributed by atoms with Crippen molar-refractivity contribution < 1.29 is 19.1 Å². The lowest BCUT2D eigenvalue weighted by Gasteiger charge is -2.23. The molecule has 0 saturated carbocycles. The molecule has 20 heavy (non-hydrogen) atoms. The van der Waals surface area contributed by atoms with Crippen LogP contribution in [0.5, 0.6) is 0 Å². The number of rotatable bonds is 8. The number of hydrogen-bond acceptors (Lipinski definition) is 5. The maximum atomic E-state index is 11.7. The third-order valence-electron chi connectivity index (χ3n) is 3.72. The molecule has 1 unspecified atom stereocenters. The van der Waals surface area contributed by atoms with Crippen molar-refractivity contribution in [3.05, 3.63) is 0 Å². The number of nitrogens with two attached hydrogens (primary N) is 1. The smallest absolute Gasteiger partial charge is 0.407 e. The first-order chi connectivity index (χ1) is 9.37. The van der Waals surface area contributed by atoms with E-state index in [0.717, 1.165) is 12.8 Å². The summed E-state index contributed by atoms with van der Waals surface area (Å²) in [7, 11) is 1.30. The lowest BCUT2D eigenvalue weighted by molar-refractivity contribution is -0.144. The maximum Gasteiger partial charge on any atom is 0.407 e. The fourth-order valence-corrected chi connectivity index (χ4v) is 1.60. The molecular formula is C14H28N2O4. The van der Waals surface area contributed by atoms with Gasteiger partial charge in [-0.3, -0.25) is 0 Å². The number of methoxy groups -OCH3 is 1. The number of carbonyl (C=O) groups is 2. The molecule has 0 spiro atoms. The van der Waals surface area contributed by atoms with Crippen LogP contribution in [0.4, 0.5) is 4.79 Å². The third kappa shape index (κ3) is 6.23. The van der Waals surface area contributed by atoms with E-state index in [1.165, 1.54) is 7.11 Å². The molecule has 3 N–H and O–H groups in total. The Labute approximate surface area is 121 Å². The molecule has 0 aliphatic heterocycles. The average Bonchev–Trinajstić information content (AvgIpc) is 2.47. The Kier molecular flexibility index (Phi) is 8.96. The van der Waals surface area contributed by atoms with Crippen molar-refractivity contribution in [2.24, 2.45) is 17.6 Å². The van der Waals surface area contributed by atoms with Crippen LogP contribution in [-0.4, -0.2) is 37.9 Å². The Hall–Kier alpha value is -1.30. The van der Waals surface area contributed by atoms with Crippen LogP contribution in [0.3, 0.4) is 0 Å². The topological polar surface area (TPSA) is 90.6 Å². The van der Waals surface area contributed by atoms with Crippen LogP contribution < -0.4 is 11.1 Å². The monoisotopic (exact) mass is 288 g/mol. The Morgan fingerprint density at radius 1 is 1.15 bits per heavy atom. The van der Waals surface area contributed by atoms with Gasteiger partial charge in [0.1, 0.15) is 12.6 Å². The third-order valence-corrected chi connectivity index (χ3v) is 3.72. The van der Waals surface area contributed by atoms with Crippen LogP contribution in [0.2, 0.25) is 0 Å². The number of nitrogens with one attached hydrogen (secondary N) is 1. The van der Waals surface area contributed by atoms with Crippen LogP contribution in [0.1, 0.15) is 40.5 Å². The summed E-state index contributed by atoms with van der Waals surface area (Å²) < 4.78 is 9.75. The van der Waals surface area contributed by atoms with Crippen LogP contribution in [-0.2, 0) is 14.3 Å². The van der Waals surface area contributed by atoms with Crippen LogP contribution in [0, 0.1) is 11.8 Å². The van der Waals surface area contributed by atoms with E-state index in [-0.39, 0.29) is 24.5 Å². The molecule has 0 fully saturated rings. The highest BCUT2D eigenvalue weighted by Crippen LogP contribution is 2.10. The van der Waals surface area contributed by atoms with E-state index in [0.29, 0.717) is 0 Å². The van der Waals surface area contributed by atoms with Crippen molar-refractivity contribution in [1.29, 1.82) is 0 Å². The highest BCUT2D eigenvalue weighted by Gasteiger charge is 2.27. The van der Waals surface area contributed by atoms with Gasteiger partial charge >= 0.3 is 12.1 Å². The van der Waals surface area contributed by atoms with Gasteiger partial charge in [-0.1, -0.05) is 40.5 Å². The number of carbonyl (C=O) groups excluding carboxylic acids is 2. The normalized spacial score (nSPS) is 16.7. The number of ether oxygens (including phenoxy) is 2. The van der Waals surface area contributed by atoms with Gasteiger partial charge in [0.25, 0.3) is 0 Å². The maximum absolute atomic E-state index is 11.7. The van der Waals surface area contributed by atoms with Crippen molar-refractivity contribution in [3.63, 3.8) is 0 Å². The van der Waals surface area contributed by atoms with E-state index in [2.05, 4.69) is 10.1 Å². The molecule has 0 rings (SSSR count). The fraction of sp³-hybridized carbons (Fsp3) is 0.857. The second-order valence-electron chi connectivity index (χ2n) is 5.18.